The number of hydrogen-bond acceptors (Lipinski definition) is 4. The largest absolute Gasteiger partial charge is 0.481 e. The van der Waals surface area contributed by atoms with Gasteiger partial charge in [0.05, 0.1) is 26.4 Å². The van der Waals surface area contributed by atoms with Crippen LogP contribution in [-0.4, -0.2) is 49.2 Å². The van der Waals surface area contributed by atoms with Crippen LogP contribution in [0.3, 0.4) is 0 Å². The van der Waals surface area contributed by atoms with Crippen molar-refractivity contribution in [3.05, 3.63) is 0 Å². The van der Waals surface area contributed by atoms with Gasteiger partial charge in [0.25, 0.3) is 0 Å². The predicted octanol–water partition coefficient (Wildman–Crippen LogP) is 4.80. The van der Waals surface area contributed by atoms with Gasteiger partial charge in [0.2, 0.25) is 0 Å². The minimum Gasteiger partial charge on any atom is -0.481 e. The van der Waals surface area contributed by atoms with Gasteiger partial charge < -0.3 is 19.7 Å². The monoisotopic (exact) mass is 362 g/mol. The molecule has 0 unspecified atom stereocenters. The average Bonchev–Trinajstić information content (AvgIpc) is 2.60. The van der Waals surface area contributed by atoms with Crippen molar-refractivity contribution in [3.63, 3.8) is 0 Å². The molecule has 0 saturated heterocycles. The van der Waals surface area contributed by atoms with Gasteiger partial charge in [0.1, 0.15) is 0 Å². The van der Waals surface area contributed by atoms with E-state index in [0.717, 1.165) is 19.4 Å². The molecule has 0 aliphatic heterocycles. The fraction of sp³-hybridized carbons (Fsp3) is 0.950. The molecule has 0 aromatic heterocycles. The van der Waals surface area contributed by atoms with Gasteiger partial charge in [-0.3, -0.25) is 4.79 Å². The van der Waals surface area contributed by atoms with E-state index in [1.54, 1.807) is 0 Å². The minimum absolute atomic E-state index is 0.0894. The van der Waals surface area contributed by atoms with Gasteiger partial charge in [-0.05, 0) is 13.3 Å². The summed E-state index contributed by atoms with van der Waals surface area (Å²) in [5.41, 5.74) is 0. The van der Waals surface area contributed by atoms with Crippen molar-refractivity contribution in [2.24, 2.45) is 0 Å². The van der Waals surface area contributed by atoms with Gasteiger partial charge in [-0.1, -0.05) is 71.1 Å². The Hall–Kier alpha value is -0.650. The highest BCUT2D eigenvalue weighted by molar-refractivity contribution is 5.66. The average molecular weight is 363 g/mol. The first-order valence-electron chi connectivity index (χ1n) is 10.2. The van der Waals surface area contributed by atoms with E-state index in [0.29, 0.717) is 26.2 Å². The molecule has 0 aromatic rings. The highest BCUT2D eigenvalue weighted by atomic mass is 16.5. The van der Waals surface area contributed by atoms with Crippen molar-refractivity contribution in [1.29, 1.82) is 0 Å². The second-order valence-corrected chi connectivity index (χ2v) is 6.21. The third-order valence-corrected chi connectivity index (χ3v) is 3.81. The van der Waals surface area contributed by atoms with Crippen LogP contribution < -0.4 is 0 Å². The molecule has 5 heteroatoms. The molecule has 0 atom stereocenters. The Morgan fingerprint density at radius 2 is 1.20 bits per heavy atom. The number of carboxylic acid groups (broad SMARTS) is 1. The number of ether oxygens (including phenoxy) is 2. The van der Waals surface area contributed by atoms with E-state index in [4.69, 9.17) is 19.7 Å². The molecule has 0 bridgehead atoms. The summed E-state index contributed by atoms with van der Waals surface area (Å²) in [5.74, 6) is -0.657. The summed E-state index contributed by atoms with van der Waals surface area (Å²) in [7, 11) is 0. The van der Waals surface area contributed by atoms with E-state index in [1.165, 1.54) is 57.8 Å². The maximum absolute atomic E-state index is 10.3. The zero-order chi connectivity index (χ0) is 19.0. The summed E-state index contributed by atoms with van der Waals surface area (Å²) in [6, 6.07) is 0. The Morgan fingerprint density at radius 3 is 1.64 bits per heavy atom. The van der Waals surface area contributed by atoms with E-state index in [2.05, 4.69) is 6.92 Å². The second-order valence-electron chi connectivity index (χ2n) is 6.21. The SMILES string of the molecule is CCCCCCCCCCCCCC(=O)O.CCOCCOCCO. The molecule has 5 nitrogen and oxygen atoms in total. The van der Waals surface area contributed by atoms with Gasteiger partial charge in [-0.25, -0.2) is 0 Å². The van der Waals surface area contributed by atoms with Crippen molar-refractivity contribution < 1.29 is 24.5 Å². The lowest BCUT2D eigenvalue weighted by molar-refractivity contribution is -0.137. The predicted molar refractivity (Wildman–Crippen MR) is 103 cm³/mol. The number of aliphatic carboxylic acids is 1. The number of unbranched alkanes of at least 4 members (excludes halogenated alkanes) is 10. The lowest BCUT2D eigenvalue weighted by Gasteiger charge is -2.01. The molecule has 0 aliphatic carbocycles. The third kappa shape index (κ3) is 31.6. The lowest BCUT2D eigenvalue weighted by atomic mass is 10.1. The second kappa shape index (κ2) is 25.6. The standard InChI is InChI=1S/C14H28O2.C6H14O3/c1-2-3-4-5-6-7-8-9-10-11-12-13-14(15)16;1-2-8-5-6-9-4-3-7/h2-13H2,1H3,(H,15,16);7H,2-6H2,1H3. The molecule has 0 saturated carbocycles. The fourth-order valence-electron chi connectivity index (χ4n) is 2.37. The normalized spacial score (nSPS) is 10.4. The van der Waals surface area contributed by atoms with Crippen LogP contribution in [-0.2, 0) is 14.3 Å². The Balaban J connectivity index is 0. The molecule has 0 rings (SSSR count). The van der Waals surface area contributed by atoms with Crippen LogP contribution in [0, 0.1) is 0 Å². The molecule has 2 N–H and O–H groups in total. The van der Waals surface area contributed by atoms with Crippen molar-refractivity contribution in [1.82, 2.24) is 0 Å². The van der Waals surface area contributed by atoms with Gasteiger partial charge >= 0.3 is 5.97 Å². The van der Waals surface area contributed by atoms with E-state index in [1.807, 2.05) is 6.92 Å². The van der Waals surface area contributed by atoms with E-state index >= 15 is 0 Å². The van der Waals surface area contributed by atoms with E-state index in [-0.39, 0.29) is 6.61 Å². The molecule has 25 heavy (non-hydrogen) atoms. The molecule has 0 heterocycles. The maximum atomic E-state index is 10.3. The number of aliphatic hydroxyl groups is 1. The maximum Gasteiger partial charge on any atom is 0.303 e. The van der Waals surface area contributed by atoms with Crippen LogP contribution in [0.2, 0.25) is 0 Å². The Bertz CT molecular complexity index is 240. The lowest BCUT2D eigenvalue weighted by Crippen LogP contribution is -2.06. The van der Waals surface area contributed by atoms with Gasteiger partial charge in [-0.2, -0.15) is 0 Å². The summed E-state index contributed by atoms with van der Waals surface area (Å²) in [4.78, 5) is 10.3. The van der Waals surface area contributed by atoms with Gasteiger partial charge in [0, 0.05) is 13.0 Å². The topological polar surface area (TPSA) is 76.0 Å². The highest BCUT2D eigenvalue weighted by Gasteiger charge is 1.96. The number of hydrogen-bond donors (Lipinski definition) is 2. The van der Waals surface area contributed by atoms with Crippen LogP contribution in [0.25, 0.3) is 0 Å². The molecular formula is C20H42O5. The molecule has 0 aromatic carbocycles. The van der Waals surface area contributed by atoms with Crippen LogP contribution in [0.1, 0.15) is 90.9 Å². The number of carboxylic acids is 1. The summed E-state index contributed by atoms with van der Waals surface area (Å²) in [6.07, 6.45) is 14.4. The highest BCUT2D eigenvalue weighted by Crippen LogP contribution is 2.11. The number of carbonyl (C=O) groups is 1. The minimum atomic E-state index is -0.657. The van der Waals surface area contributed by atoms with Crippen molar-refractivity contribution in [3.8, 4) is 0 Å². The van der Waals surface area contributed by atoms with E-state index < -0.39 is 5.97 Å². The Kier molecular flexibility index (Phi) is 27.2. The van der Waals surface area contributed by atoms with Crippen molar-refractivity contribution >= 4 is 5.97 Å². The van der Waals surface area contributed by atoms with Gasteiger partial charge in [0.15, 0.2) is 0 Å². The van der Waals surface area contributed by atoms with Gasteiger partial charge in [-0.15, -0.1) is 0 Å². The molecule has 0 fully saturated rings. The zero-order valence-corrected chi connectivity index (χ0v) is 16.6. The Labute approximate surface area is 155 Å². The van der Waals surface area contributed by atoms with E-state index in [9.17, 15) is 4.79 Å². The molecule has 0 radical (unpaired) electrons. The third-order valence-electron chi connectivity index (χ3n) is 3.81. The zero-order valence-electron chi connectivity index (χ0n) is 16.6. The number of rotatable bonds is 18. The van der Waals surface area contributed by atoms with Crippen LogP contribution in [0.4, 0.5) is 0 Å². The first-order valence-corrected chi connectivity index (χ1v) is 10.2. The molecular weight excluding hydrogens is 320 g/mol. The molecule has 0 amide bonds. The summed E-state index contributed by atoms with van der Waals surface area (Å²) in [6.45, 7) is 6.61. The first-order chi connectivity index (χ1) is 12.2. The van der Waals surface area contributed by atoms with Crippen LogP contribution in [0.15, 0.2) is 0 Å². The van der Waals surface area contributed by atoms with Crippen LogP contribution in [0.5, 0.6) is 0 Å². The van der Waals surface area contributed by atoms with Crippen molar-refractivity contribution in [2.75, 3.05) is 33.0 Å². The number of aliphatic hydroxyl groups excluding tert-OH is 1. The van der Waals surface area contributed by atoms with Crippen LogP contribution >= 0.6 is 0 Å². The first kappa shape index (κ1) is 26.6. The smallest absolute Gasteiger partial charge is 0.303 e. The van der Waals surface area contributed by atoms with Crippen molar-refractivity contribution in [2.45, 2.75) is 90.9 Å². The fourth-order valence-corrected chi connectivity index (χ4v) is 2.37. The Morgan fingerprint density at radius 1 is 0.720 bits per heavy atom. The molecule has 152 valence electrons. The summed E-state index contributed by atoms with van der Waals surface area (Å²) >= 11 is 0. The summed E-state index contributed by atoms with van der Waals surface area (Å²) in [5, 5.41) is 16.7. The summed E-state index contributed by atoms with van der Waals surface area (Å²) < 4.78 is 9.88. The molecule has 0 aliphatic rings. The molecule has 0 spiro atoms. The quantitative estimate of drug-likeness (QED) is 0.342.